The molecule has 4 atom stereocenters. The second-order valence-electron chi connectivity index (χ2n) is 6.25. The van der Waals surface area contributed by atoms with Gasteiger partial charge in [0.05, 0.1) is 5.92 Å². The van der Waals surface area contributed by atoms with Crippen molar-refractivity contribution in [3.8, 4) is 0 Å². The molecule has 1 heterocycles. The van der Waals surface area contributed by atoms with Crippen LogP contribution in [0.3, 0.4) is 0 Å². The average Bonchev–Trinajstić information content (AvgIpc) is 2.60. The first kappa shape index (κ1) is 12.9. The Morgan fingerprint density at radius 3 is 2.12 bits per heavy atom. The van der Waals surface area contributed by atoms with Crippen LogP contribution in [0.2, 0.25) is 0 Å². The Hall–Kier alpha value is -0.570. The van der Waals surface area contributed by atoms with Crippen LogP contribution in [-0.2, 0) is 4.79 Å². The van der Waals surface area contributed by atoms with Gasteiger partial charge in [0.2, 0.25) is 0 Å². The third-order valence-electron chi connectivity index (χ3n) is 4.86. The molecule has 98 valence electrons. The molecule has 3 nitrogen and oxygen atoms in total. The number of aliphatic carboxylic acids is 1. The summed E-state index contributed by atoms with van der Waals surface area (Å²) in [7, 11) is 0. The number of carboxylic acids is 1. The van der Waals surface area contributed by atoms with Crippen LogP contribution in [0.4, 0.5) is 0 Å². The number of hydrogen-bond acceptors (Lipinski definition) is 2. The zero-order valence-electron chi connectivity index (χ0n) is 11.2. The number of likely N-dealkylation sites (tertiary alicyclic amines) is 1. The van der Waals surface area contributed by atoms with E-state index < -0.39 is 5.97 Å². The molecular formula is C14H25NO2. The van der Waals surface area contributed by atoms with Gasteiger partial charge in [-0.2, -0.15) is 0 Å². The van der Waals surface area contributed by atoms with Gasteiger partial charge in [-0.3, -0.25) is 9.69 Å². The summed E-state index contributed by atoms with van der Waals surface area (Å²) in [6.45, 7) is 8.47. The predicted octanol–water partition coefficient (Wildman–Crippen LogP) is 2.46. The highest BCUT2D eigenvalue weighted by Gasteiger charge is 2.41. The first-order valence-corrected chi connectivity index (χ1v) is 6.97. The Bertz CT molecular complexity index is 282. The summed E-state index contributed by atoms with van der Waals surface area (Å²) < 4.78 is 0. The molecule has 1 aliphatic heterocycles. The highest BCUT2D eigenvalue weighted by molar-refractivity contribution is 5.71. The molecule has 0 bridgehead atoms. The van der Waals surface area contributed by atoms with E-state index in [0.717, 1.165) is 24.9 Å². The third-order valence-corrected chi connectivity index (χ3v) is 4.86. The zero-order valence-corrected chi connectivity index (χ0v) is 11.2. The van der Waals surface area contributed by atoms with E-state index in [1.165, 1.54) is 19.3 Å². The van der Waals surface area contributed by atoms with Crippen LogP contribution in [0.1, 0.15) is 40.0 Å². The zero-order chi connectivity index (χ0) is 12.6. The highest BCUT2D eigenvalue weighted by atomic mass is 16.4. The van der Waals surface area contributed by atoms with E-state index in [4.69, 9.17) is 0 Å². The van der Waals surface area contributed by atoms with Crippen LogP contribution >= 0.6 is 0 Å². The third kappa shape index (κ3) is 2.49. The lowest BCUT2D eigenvalue weighted by Gasteiger charge is -2.41. The molecule has 0 spiro atoms. The van der Waals surface area contributed by atoms with Crippen molar-refractivity contribution in [1.29, 1.82) is 0 Å². The first-order valence-electron chi connectivity index (χ1n) is 6.97. The maximum absolute atomic E-state index is 11.2. The number of nitrogens with zero attached hydrogens (tertiary/aromatic N) is 1. The summed E-state index contributed by atoms with van der Waals surface area (Å²) in [5.74, 6) is 0.971. The van der Waals surface area contributed by atoms with Crippen LogP contribution in [0.25, 0.3) is 0 Å². The lowest BCUT2D eigenvalue weighted by Crippen LogP contribution is -2.45. The molecule has 17 heavy (non-hydrogen) atoms. The highest BCUT2D eigenvalue weighted by Crippen LogP contribution is 2.36. The van der Waals surface area contributed by atoms with Gasteiger partial charge in [-0.1, -0.05) is 27.2 Å². The minimum absolute atomic E-state index is 0.156. The van der Waals surface area contributed by atoms with Crippen LogP contribution in [0.5, 0.6) is 0 Å². The van der Waals surface area contributed by atoms with Gasteiger partial charge in [-0.15, -0.1) is 0 Å². The smallest absolute Gasteiger partial charge is 0.308 e. The van der Waals surface area contributed by atoms with Crippen molar-refractivity contribution in [2.45, 2.75) is 46.1 Å². The van der Waals surface area contributed by atoms with Gasteiger partial charge >= 0.3 is 5.97 Å². The first-order chi connectivity index (χ1) is 8.00. The Morgan fingerprint density at radius 1 is 1.06 bits per heavy atom. The second kappa shape index (κ2) is 4.97. The lowest BCUT2D eigenvalue weighted by atomic mass is 9.78. The molecule has 0 aromatic heterocycles. The average molecular weight is 239 g/mol. The molecule has 2 rings (SSSR count). The summed E-state index contributed by atoms with van der Waals surface area (Å²) in [5.41, 5.74) is 0. The Morgan fingerprint density at radius 2 is 1.65 bits per heavy atom. The van der Waals surface area contributed by atoms with E-state index in [0.29, 0.717) is 12.0 Å². The Balaban J connectivity index is 2.05. The van der Waals surface area contributed by atoms with Gasteiger partial charge < -0.3 is 5.11 Å². The van der Waals surface area contributed by atoms with E-state index in [1.807, 2.05) is 0 Å². The van der Waals surface area contributed by atoms with E-state index in [1.54, 1.807) is 0 Å². The van der Waals surface area contributed by atoms with E-state index in [2.05, 4.69) is 25.7 Å². The monoisotopic (exact) mass is 239 g/mol. The van der Waals surface area contributed by atoms with Crippen molar-refractivity contribution < 1.29 is 9.90 Å². The molecule has 3 heteroatoms. The molecule has 1 N–H and O–H groups in total. The van der Waals surface area contributed by atoms with Crippen LogP contribution < -0.4 is 0 Å². The van der Waals surface area contributed by atoms with Crippen LogP contribution in [0, 0.1) is 23.7 Å². The normalized spacial score (nSPS) is 43.8. The fourth-order valence-corrected chi connectivity index (χ4v) is 3.95. The van der Waals surface area contributed by atoms with E-state index in [9.17, 15) is 9.90 Å². The SMILES string of the molecule is CC1CN(C2C(C)CCCC2C)CC1C(=O)O. The summed E-state index contributed by atoms with van der Waals surface area (Å²) in [6, 6.07) is 0.607. The van der Waals surface area contributed by atoms with Crippen LogP contribution in [-0.4, -0.2) is 35.1 Å². The minimum atomic E-state index is -0.615. The fraction of sp³-hybridized carbons (Fsp3) is 0.929. The van der Waals surface area contributed by atoms with Gasteiger partial charge in [0.15, 0.2) is 0 Å². The molecule has 0 radical (unpaired) electrons. The molecule has 0 aromatic carbocycles. The van der Waals surface area contributed by atoms with E-state index in [-0.39, 0.29) is 5.92 Å². The van der Waals surface area contributed by atoms with Gasteiger partial charge in [-0.05, 0) is 30.6 Å². The Labute approximate surface area is 104 Å². The van der Waals surface area contributed by atoms with Gasteiger partial charge in [-0.25, -0.2) is 0 Å². The standard InChI is InChI=1S/C14H25NO2/c1-9-5-4-6-10(2)13(9)15-7-11(3)12(8-15)14(16)17/h9-13H,4-8H2,1-3H3,(H,16,17). The number of hydrogen-bond donors (Lipinski definition) is 1. The predicted molar refractivity (Wildman–Crippen MR) is 67.8 cm³/mol. The number of rotatable bonds is 2. The molecule has 2 fully saturated rings. The van der Waals surface area contributed by atoms with E-state index >= 15 is 0 Å². The quantitative estimate of drug-likeness (QED) is 0.804. The van der Waals surface area contributed by atoms with Gasteiger partial charge in [0, 0.05) is 19.1 Å². The summed E-state index contributed by atoms with van der Waals surface area (Å²) in [4.78, 5) is 13.6. The van der Waals surface area contributed by atoms with Crippen LogP contribution in [0.15, 0.2) is 0 Å². The maximum atomic E-state index is 11.2. The topological polar surface area (TPSA) is 40.5 Å². The van der Waals surface area contributed by atoms with Crippen molar-refractivity contribution in [1.82, 2.24) is 4.90 Å². The van der Waals surface area contributed by atoms with Crippen molar-refractivity contribution >= 4 is 5.97 Å². The number of carboxylic acid groups (broad SMARTS) is 1. The largest absolute Gasteiger partial charge is 0.481 e. The maximum Gasteiger partial charge on any atom is 0.308 e. The second-order valence-corrected chi connectivity index (χ2v) is 6.25. The summed E-state index contributed by atoms with van der Waals surface area (Å²) in [6.07, 6.45) is 3.94. The summed E-state index contributed by atoms with van der Waals surface area (Å²) in [5, 5.41) is 9.20. The number of carbonyl (C=O) groups is 1. The molecule has 1 saturated carbocycles. The van der Waals surface area contributed by atoms with Crippen molar-refractivity contribution in [2.24, 2.45) is 23.7 Å². The molecule has 0 aromatic rings. The Kier molecular flexibility index (Phi) is 3.76. The van der Waals surface area contributed by atoms with Gasteiger partial charge in [0.25, 0.3) is 0 Å². The van der Waals surface area contributed by atoms with Crippen molar-refractivity contribution in [3.05, 3.63) is 0 Å². The fourth-order valence-electron chi connectivity index (χ4n) is 3.95. The lowest BCUT2D eigenvalue weighted by molar-refractivity contribution is -0.142. The molecule has 1 saturated heterocycles. The van der Waals surface area contributed by atoms with Gasteiger partial charge in [0.1, 0.15) is 0 Å². The molecule has 4 unspecified atom stereocenters. The summed E-state index contributed by atoms with van der Waals surface area (Å²) >= 11 is 0. The molecule has 0 amide bonds. The minimum Gasteiger partial charge on any atom is -0.481 e. The van der Waals surface area contributed by atoms with Crippen molar-refractivity contribution in [3.63, 3.8) is 0 Å². The molecular weight excluding hydrogens is 214 g/mol. The molecule has 2 aliphatic rings. The van der Waals surface area contributed by atoms with Crippen molar-refractivity contribution in [2.75, 3.05) is 13.1 Å². The molecule has 1 aliphatic carbocycles.